The molecule has 4 N–H and O–H groups in total. The van der Waals surface area contributed by atoms with Crippen LogP contribution < -0.4 is 20.1 Å². The first kappa shape index (κ1) is 21.8. The Balaban J connectivity index is 2.02. The molecule has 3 rings (SSSR count). The number of hydrogen-bond donors (Lipinski definition) is 4. The Morgan fingerprint density at radius 1 is 1.16 bits per heavy atom. The van der Waals surface area contributed by atoms with E-state index >= 15 is 0 Å². The number of methoxy groups -OCH3 is 1. The Labute approximate surface area is 181 Å². The van der Waals surface area contributed by atoms with E-state index in [0.29, 0.717) is 12.3 Å². The van der Waals surface area contributed by atoms with E-state index in [1.807, 2.05) is 0 Å². The lowest BCUT2D eigenvalue weighted by molar-refractivity contribution is 0.102. The van der Waals surface area contributed by atoms with Crippen molar-refractivity contribution in [3.8, 4) is 34.5 Å². The molecule has 0 spiro atoms. The number of phenols is 2. The molecule has 3 aromatic rings. The van der Waals surface area contributed by atoms with Gasteiger partial charge in [0, 0.05) is 18.2 Å². The average Bonchev–Trinajstić information content (AvgIpc) is 3.12. The fourth-order valence-corrected chi connectivity index (χ4v) is 2.73. The molecule has 0 unspecified atom stereocenters. The van der Waals surface area contributed by atoms with Crippen LogP contribution in [0, 0.1) is 0 Å². The number of halogens is 1. The summed E-state index contributed by atoms with van der Waals surface area (Å²) < 4.78 is 15.4. The van der Waals surface area contributed by atoms with Crippen molar-refractivity contribution in [1.82, 2.24) is 10.5 Å². The van der Waals surface area contributed by atoms with Crippen molar-refractivity contribution < 1.29 is 33.8 Å². The van der Waals surface area contributed by atoms with Crippen LogP contribution in [0.4, 0.5) is 10.5 Å². The van der Waals surface area contributed by atoms with Gasteiger partial charge in [0.25, 0.3) is 11.8 Å². The first-order chi connectivity index (χ1) is 14.8. The van der Waals surface area contributed by atoms with Gasteiger partial charge in [0.05, 0.1) is 17.7 Å². The number of carbonyl (C=O) groups excluding carboxylic acids is 2. The van der Waals surface area contributed by atoms with Gasteiger partial charge in [-0.1, -0.05) is 11.6 Å². The van der Waals surface area contributed by atoms with Crippen molar-refractivity contribution in [1.29, 1.82) is 0 Å². The van der Waals surface area contributed by atoms with Gasteiger partial charge in [0.15, 0.2) is 11.4 Å². The third kappa shape index (κ3) is 4.81. The van der Waals surface area contributed by atoms with Crippen LogP contribution in [0.25, 0.3) is 11.3 Å². The summed E-state index contributed by atoms with van der Waals surface area (Å²) in [5.41, 5.74) is 0.153. The molecule has 0 fully saturated rings. The van der Waals surface area contributed by atoms with Gasteiger partial charge in [-0.05, 0) is 42.4 Å². The Hall–Kier alpha value is -3.92. The Morgan fingerprint density at radius 3 is 2.52 bits per heavy atom. The molecule has 31 heavy (non-hydrogen) atoms. The van der Waals surface area contributed by atoms with Gasteiger partial charge in [0.2, 0.25) is 0 Å². The molecule has 0 aliphatic carbocycles. The quantitative estimate of drug-likeness (QED) is 0.447. The molecule has 1 aromatic heterocycles. The van der Waals surface area contributed by atoms with E-state index in [2.05, 4.69) is 15.8 Å². The van der Waals surface area contributed by atoms with E-state index in [-0.39, 0.29) is 39.2 Å². The van der Waals surface area contributed by atoms with Gasteiger partial charge in [-0.25, -0.2) is 4.79 Å². The predicted octanol–water partition coefficient (Wildman–Crippen LogP) is 3.78. The van der Waals surface area contributed by atoms with E-state index in [1.165, 1.54) is 25.3 Å². The zero-order valence-electron chi connectivity index (χ0n) is 16.4. The first-order valence-electron chi connectivity index (χ1n) is 8.96. The smallest absolute Gasteiger partial charge is 0.414 e. The highest BCUT2D eigenvalue weighted by molar-refractivity contribution is 6.32. The molecule has 0 saturated carbocycles. The minimum Gasteiger partial charge on any atom is -0.507 e. The topological polar surface area (TPSA) is 143 Å². The van der Waals surface area contributed by atoms with Crippen molar-refractivity contribution in [2.45, 2.75) is 6.92 Å². The molecule has 2 amide bonds. The number of aromatic nitrogens is 1. The maximum absolute atomic E-state index is 12.8. The molecule has 0 saturated heterocycles. The average molecular weight is 448 g/mol. The number of phenolic OH excluding ortho intramolecular Hbond substituents is 2. The SMILES string of the molecule is CCNC(=O)Oc1noc(-c2cc(Cl)c(O)cc2O)c1NC(=O)c1ccc(OC)cc1. The number of carbonyl (C=O) groups is 2. The normalized spacial score (nSPS) is 10.4. The number of benzene rings is 2. The number of amides is 2. The van der Waals surface area contributed by atoms with Gasteiger partial charge in [-0.3, -0.25) is 4.79 Å². The van der Waals surface area contributed by atoms with Gasteiger partial charge in [-0.15, -0.1) is 0 Å². The van der Waals surface area contributed by atoms with Crippen molar-refractivity contribution in [2.75, 3.05) is 19.0 Å². The monoisotopic (exact) mass is 447 g/mol. The van der Waals surface area contributed by atoms with E-state index in [4.69, 9.17) is 25.6 Å². The van der Waals surface area contributed by atoms with Gasteiger partial charge in [-0.2, -0.15) is 0 Å². The number of hydrogen-bond acceptors (Lipinski definition) is 8. The van der Waals surface area contributed by atoms with E-state index in [1.54, 1.807) is 19.1 Å². The minimum absolute atomic E-state index is 0.00563. The number of nitrogens with zero attached hydrogens (tertiary/aromatic N) is 1. The number of aromatic hydroxyl groups is 2. The van der Waals surface area contributed by atoms with Crippen LogP contribution in [0.1, 0.15) is 17.3 Å². The zero-order chi connectivity index (χ0) is 22.5. The molecule has 1 heterocycles. The molecule has 10 nitrogen and oxygen atoms in total. The number of ether oxygens (including phenoxy) is 2. The summed E-state index contributed by atoms with van der Waals surface area (Å²) >= 11 is 5.93. The Kier molecular flexibility index (Phi) is 6.51. The van der Waals surface area contributed by atoms with Crippen LogP contribution in [0.3, 0.4) is 0 Å². The zero-order valence-corrected chi connectivity index (χ0v) is 17.2. The second kappa shape index (κ2) is 9.26. The number of nitrogens with one attached hydrogen (secondary N) is 2. The van der Waals surface area contributed by atoms with Crippen LogP contribution in [-0.2, 0) is 0 Å². The number of anilines is 1. The first-order valence-corrected chi connectivity index (χ1v) is 9.34. The maximum Gasteiger partial charge on any atom is 0.414 e. The van der Waals surface area contributed by atoms with Gasteiger partial charge < -0.3 is 34.8 Å². The second-order valence-corrected chi connectivity index (χ2v) is 6.52. The fourth-order valence-electron chi connectivity index (χ4n) is 2.57. The van der Waals surface area contributed by atoms with Crippen molar-refractivity contribution in [3.05, 3.63) is 47.0 Å². The summed E-state index contributed by atoms with van der Waals surface area (Å²) in [4.78, 5) is 24.6. The molecule has 0 atom stereocenters. The highest BCUT2D eigenvalue weighted by atomic mass is 35.5. The Bertz CT molecular complexity index is 1110. The molecule has 0 bridgehead atoms. The maximum atomic E-state index is 12.8. The standard InChI is InChI=1S/C20H18ClN3O7/c1-3-22-20(28)30-19-16(23-18(27)10-4-6-11(29-2)7-5-10)17(31-24-19)12-8-13(21)15(26)9-14(12)25/h4-9,25-26H,3H2,1-2H3,(H,22,28)(H,23,27). The summed E-state index contributed by atoms with van der Waals surface area (Å²) in [6.07, 6.45) is -0.824. The fraction of sp³-hybridized carbons (Fsp3) is 0.150. The van der Waals surface area contributed by atoms with Crippen LogP contribution >= 0.6 is 11.6 Å². The number of rotatable bonds is 6. The van der Waals surface area contributed by atoms with Gasteiger partial charge in [0.1, 0.15) is 17.2 Å². The molecular formula is C20H18ClN3O7. The van der Waals surface area contributed by atoms with Crippen molar-refractivity contribution in [2.24, 2.45) is 0 Å². The summed E-state index contributed by atoms with van der Waals surface area (Å²) in [6.45, 7) is 1.99. The molecule has 0 aliphatic heterocycles. The third-order valence-corrected chi connectivity index (χ3v) is 4.37. The molecule has 0 radical (unpaired) electrons. The molecule has 162 valence electrons. The summed E-state index contributed by atoms with van der Waals surface area (Å²) in [7, 11) is 1.50. The molecule has 11 heteroatoms. The molecule has 2 aromatic carbocycles. The lowest BCUT2D eigenvalue weighted by Gasteiger charge is -2.09. The second-order valence-electron chi connectivity index (χ2n) is 6.12. The lowest BCUT2D eigenvalue weighted by Crippen LogP contribution is -2.26. The van der Waals surface area contributed by atoms with Crippen LogP contribution in [0.15, 0.2) is 40.9 Å². The van der Waals surface area contributed by atoms with E-state index < -0.39 is 17.7 Å². The predicted molar refractivity (Wildman–Crippen MR) is 111 cm³/mol. The van der Waals surface area contributed by atoms with E-state index in [9.17, 15) is 19.8 Å². The Morgan fingerprint density at radius 2 is 1.87 bits per heavy atom. The van der Waals surface area contributed by atoms with Crippen molar-refractivity contribution >= 4 is 29.3 Å². The third-order valence-electron chi connectivity index (χ3n) is 4.07. The summed E-state index contributed by atoms with van der Waals surface area (Å²) in [6, 6.07) is 8.47. The molecule has 0 aliphatic rings. The summed E-state index contributed by atoms with van der Waals surface area (Å²) in [5, 5.41) is 28.5. The highest BCUT2D eigenvalue weighted by Crippen LogP contribution is 2.43. The van der Waals surface area contributed by atoms with E-state index in [0.717, 1.165) is 6.07 Å². The summed E-state index contributed by atoms with van der Waals surface area (Å²) in [5.74, 6) is -1.25. The van der Waals surface area contributed by atoms with Crippen LogP contribution in [0.2, 0.25) is 5.02 Å². The van der Waals surface area contributed by atoms with Gasteiger partial charge >= 0.3 is 6.09 Å². The largest absolute Gasteiger partial charge is 0.507 e. The van der Waals surface area contributed by atoms with Crippen LogP contribution in [-0.4, -0.2) is 41.0 Å². The molecular weight excluding hydrogens is 430 g/mol. The minimum atomic E-state index is -0.824. The lowest BCUT2D eigenvalue weighted by atomic mass is 10.1. The highest BCUT2D eigenvalue weighted by Gasteiger charge is 2.26. The van der Waals surface area contributed by atoms with Crippen LogP contribution in [0.5, 0.6) is 23.1 Å². The van der Waals surface area contributed by atoms with Crippen molar-refractivity contribution in [3.63, 3.8) is 0 Å².